The number of anilines is 1. The lowest BCUT2D eigenvalue weighted by molar-refractivity contribution is 0.461. The summed E-state index contributed by atoms with van der Waals surface area (Å²) in [5, 5.41) is 24.9. The number of allylic oxidation sites excluding steroid dienone is 1. The lowest BCUT2D eigenvalue weighted by Crippen LogP contribution is -2.19. The standard InChI is InChI=1S/C20H18N4O2/c1-14-6-5-9-16(12-14)24-13-18(25)20(26)19(23-24)17(10-11-21)22-15-7-3-2-4-8-15/h2-13,21-22,25H,1H3/b17-10-,21-11?. The fraction of sp³-hybridized carbons (Fsp3) is 0.0500. The minimum Gasteiger partial charge on any atom is -0.503 e. The van der Waals surface area contributed by atoms with E-state index >= 15 is 0 Å². The summed E-state index contributed by atoms with van der Waals surface area (Å²) in [5.41, 5.74) is 2.24. The zero-order valence-electron chi connectivity index (χ0n) is 14.2. The molecule has 6 nitrogen and oxygen atoms in total. The maximum absolute atomic E-state index is 12.4. The highest BCUT2D eigenvalue weighted by molar-refractivity contribution is 5.87. The van der Waals surface area contributed by atoms with Crippen molar-refractivity contribution in [2.75, 3.05) is 5.32 Å². The Bertz CT molecular complexity index is 1020. The largest absolute Gasteiger partial charge is 0.503 e. The quantitative estimate of drug-likeness (QED) is 0.618. The average molecular weight is 346 g/mol. The fourth-order valence-electron chi connectivity index (χ4n) is 2.50. The summed E-state index contributed by atoms with van der Waals surface area (Å²) in [6.45, 7) is 1.95. The minimum atomic E-state index is -0.606. The Kier molecular flexibility index (Phi) is 4.94. The molecule has 26 heavy (non-hydrogen) atoms. The lowest BCUT2D eigenvalue weighted by Gasteiger charge is -2.13. The Balaban J connectivity index is 2.11. The van der Waals surface area contributed by atoms with Gasteiger partial charge in [-0.3, -0.25) is 4.79 Å². The van der Waals surface area contributed by atoms with Crippen LogP contribution in [0.5, 0.6) is 5.75 Å². The van der Waals surface area contributed by atoms with Gasteiger partial charge in [0.25, 0.3) is 5.43 Å². The second-order valence-corrected chi connectivity index (χ2v) is 5.71. The molecule has 0 radical (unpaired) electrons. The van der Waals surface area contributed by atoms with Gasteiger partial charge in [-0.15, -0.1) is 0 Å². The number of aromatic hydroxyl groups is 1. The van der Waals surface area contributed by atoms with Gasteiger partial charge in [0, 0.05) is 11.9 Å². The van der Waals surface area contributed by atoms with E-state index in [1.54, 1.807) is 0 Å². The van der Waals surface area contributed by atoms with Crippen LogP contribution in [0.3, 0.4) is 0 Å². The highest BCUT2D eigenvalue weighted by atomic mass is 16.3. The zero-order valence-corrected chi connectivity index (χ0v) is 14.2. The molecule has 0 aliphatic carbocycles. The molecule has 0 saturated carbocycles. The van der Waals surface area contributed by atoms with Crippen LogP contribution >= 0.6 is 0 Å². The van der Waals surface area contributed by atoms with Crippen LogP contribution in [0, 0.1) is 12.3 Å². The number of para-hydroxylation sites is 1. The summed E-state index contributed by atoms with van der Waals surface area (Å²) in [5.74, 6) is -0.415. The van der Waals surface area contributed by atoms with Crippen LogP contribution < -0.4 is 10.7 Å². The summed E-state index contributed by atoms with van der Waals surface area (Å²) >= 11 is 0. The van der Waals surface area contributed by atoms with E-state index in [0.717, 1.165) is 23.2 Å². The molecular weight excluding hydrogens is 328 g/mol. The number of nitrogens with one attached hydrogen (secondary N) is 2. The van der Waals surface area contributed by atoms with Gasteiger partial charge in [-0.2, -0.15) is 5.10 Å². The van der Waals surface area contributed by atoms with Gasteiger partial charge in [0.15, 0.2) is 11.4 Å². The molecule has 3 rings (SSSR count). The number of benzene rings is 2. The number of aromatic nitrogens is 2. The first kappa shape index (κ1) is 17.2. The van der Waals surface area contributed by atoms with E-state index in [9.17, 15) is 9.90 Å². The van der Waals surface area contributed by atoms with Crippen molar-refractivity contribution in [2.45, 2.75) is 6.92 Å². The first-order valence-electron chi connectivity index (χ1n) is 8.01. The van der Waals surface area contributed by atoms with Gasteiger partial charge in [0.05, 0.1) is 17.6 Å². The highest BCUT2D eigenvalue weighted by Gasteiger charge is 2.14. The number of rotatable bonds is 5. The van der Waals surface area contributed by atoms with E-state index < -0.39 is 11.2 Å². The summed E-state index contributed by atoms with van der Waals surface area (Å²) < 4.78 is 1.45. The third-order valence-corrected chi connectivity index (χ3v) is 3.72. The van der Waals surface area contributed by atoms with Crippen LogP contribution in [-0.4, -0.2) is 21.1 Å². The first-order chi connectivity index (χ1) is 12.6. The van der Waals surface area contributed by atoms with Crippen molar-refractivity contribution in [3.05, 3.63) is 88.4 Å². The second-order valence-electron chi connectivity index (χ2n) is 5.71. The Morgan fingerprint density at radius 1 is 1.19 bits per heavy atom. The van der Waals surface area contributed by atoms with Crippen molar-refractivity contribution in [3.8, 4) is 11.4 Å². The topological polar surface area (TPSA) is 91.0 Å². The zero-order chi connectivity index (χ0) is 18.5. The smallest absolute Gasteiger partial charge is 0.251 e. The van der Waals surface area contributed by atoms with Gasteiger partial charge < -0.3 is 15.8 Å². The van der Waals surface area contributed by atoms with Crippen molar-refractivity contribution in [1.29, 1.82) is 5.41 Å². The van der Waals surface area contributed by atoms with Gasteiger partial charge in [-0.05, 0) is 42.8 Å². The summed E-state index contributed by atoms with van der Waals surface area (Å²) in [7, 11) is 0. The highest BCUT2D eigenvalue weighted by Crippen LogP contribution is 2.17. The molecule has 1 heterocycles. The van der Waals surface area contributed by atoms with Crippen LogP contribution in [0.15, 0.2) is 71.7 Å². The number of nitrogens with zero attached hydrogens (tertiary/aromatic N) is 2. The molecule has 6 heteroatoms. The molecule has 130 valence electrons. The van der Waals surface area contributed by atoms with Gasteiger partial charge in [-0.25, -0.2) is 4.68 Å². The van der Waals surface area contributed by atoms with E-state index in [0.29, 0.717) is 5.70 Å². The van der Waals surface area contributed by atoms with Crippen molar-refractivity contribution >= 4 is 17.6 Å². The van der Waals surface area contributed by atoms with Crippen LogP contribution in [0.1, 0.15) is 11.3 Å². The lowest BCUT2D eigenvalue weighted by atomic mass is 10.2. The van der Waals surface area contributed by atoms with E-state index in [1.807, 2.05) is 61.5 Å². The van der Waals surface area contributed by atoms with Crippen molar-refractivity contribution in [2.24, 2.45) is 0 Å². The number of hydrogen-bond acceptors (Lipinski definition) is 5. The Morgan fingerprint density at radius 2 is 1.96 bits per heavy atom. The molecule has 0 saturated heterocycles. The summed E-state index contributed by atoms with van der Waals surface area (Å²) in [6, 6.07) is 16.8. The van der Waals surface area contributed by atoms with Crippen LogP contribution in [0.2, 0.25) is 0 Å². The van der Waals surface area contributed by atoms with E-state index in [2.05, 4.69) is 10.4 Å². The molecule has 3 N–H and O–H groups in total. The molecular formula is C20H18N4O2. The molecule has 2 aromatic carbocycles. The van der Waals surface area contributed by atoms with Crippen molar-refractivity contribution in [1.82, 2.24) is 9.78 Å². The summed E-state index contributed by atoms with van der Waals surface area (Å²) in [6.07, 6.45) is 3.77. The number of aryl methyl sites for hydroxylation is 1. The molecule has 0 aliphatic heterocycles. The first-order valence-corrected chi connectivity index (χ1v) is 8.01. The second kappa shape index (κ2) is 7.48. The van der Waals surface area contributed by atoms with E-state index in [1.165, 1.54) is 17.0 Å². The Morgan fingerprint density at radius 3 is 2.65 bits per heavy atom. The monoisotopic (exact) mass is 346 g/mol. The van der Waals surface area contributed by atoms with E-state index in [4.69, 9.17) is 5.41 Å². The normalized spacial score (nSPS) is 11.2. The summed E-state index contributed by atoms with van der Waals surface area (Å²) in [4.78, 5) is 12.4. The van der Waals surface area contributed by atoms with Crippen LogP contribution in [0.4, 0.5) is 5.69 Å². The molecule has 1 aromatic heterocycles. The number of hydrogen-bond donors (Lipinski definition) is 3. The van der Waals surface area contributed by atoms with Crippen LogP contribution in [-0.2, 0) is 0 Å². The third kappa shape index (κ3) is 3.70. The average Bonchev–Trinajstić information content (AvgIpc) is 2.64. The molecule has 0 spiro atoms. The van der Waals surface area contributed by atoms with E-state index in [-0.39, 0.29) is 5.69 Å². The van der Waals surface area contributed by atoms with Gasteiger partial charge in [0.2, 0.25) is 0 Å². The Labute approximate surface area is 150 Å². The molecule has 0 fully saturated rings. The predicted octanol–water partition coefficient (Wildman–Crippen LogP) is 3.35. The maximum atomic E-state index is 12.4. The SMILES string of the molecule is Cc1cccc(-n2cc(O)c(=O)c(/C(=C/C=N)Nc3ccccc3)n2)c1. The molecule has 0 bridgehead atoms. The van der Waals surface area contributed by atoms with Crippen LogP contribution in [0.25, 0.3) is 11.4 Å². The fourth-order valence-corrected chi connectivity index (χ4v) is 2.50. The minimum absolute atomic E-state index is 0.0267. The molecule has 3 aromatic rings. The maximum Gasteiger partial charge on any atom is 0.251 e. The Hall–Kier alpha value is -3.67. The van der Waals surface area contributed by atoms with Gasteiger partial charge in [-0.1, -0.05) is 30.3 Å². The molecule has 0 amide bonds. The van der Waals surface area contributed by atoms with Crippen molar-refractivity contribution in [3.63, 3.8) is 0 Å². The molecule has 0 unspecified atom stereocenters. The molecule has 0 atom stereocenters. The van der Waals surface area contributed by atoms with Gasteiger partial charge in [0.1, 0.15) is 0 Å². The predicted molar refractivity (Wildman–Crippen MR) is 103 cm³/mol. The molecule has 0 aliphatic rings. The van der Waals surface area contributed by atoms with Crippen molar-refractivity contribution < 1.29 is 5.11 Å². The third-order valence-electron chi connectivity index (χ3n) is 3.72. The van der Waals surface area contributed by atoms with Gasteiger partial charge >= 0.3 is 0 Å².